The topological polar surface area (TPSA) is 80.5 Å². The van der Waals surface area contributed by atoms with Crippen molar-refractivity contribution in [3.63, 3.8) is 0 Å². The molecule has 0 saturated carbocycles. The number of nitrogens with zero attached hydrogens (tertiary/aromatic N) is 1. The van der Waals surface area contributed by atoms with Crippen LogP contribution in [-0.2, 0) is 14.6 Å². The van der Waals surface area contributed by atoms with E-state index in [0.29, 0.717) is 13.0 Å². The molecule has 94 valence electrons. The number of hydrogen-bond acceptors (Lipinski definition) is 4. The summed E-state index contributed by atoms with van der Waals surface area (Å²) in [6, 6.07) is -0.527. The zero-order valence-corrected chi connectivity index (χ0v) is 10.7. The van der Waals surface area contributed by atoms with Gasteiger partial charge in [0.1, 0.15) is 0 Å². The van der Waals surface area contributed by atoms with Gasteiger partial charge in [0.2, 0.25) is 5.91 Å². The van der Waals surface area contributed by atoms with Crippen LogP contribution in [0.1, 0.15) is 20.3 Å². The lowest BCUT2D eigenvalue weighted by Gasteiger charge is -2.25. The van der Waals surface area contributed by atoms with Gasteiger partial charge < -0.3 is 10.6 Å². The molecule has 1 saturated heterocycles. The second kappa shape index (κ2) is 5.14. The minimum atomic E-state index is -2.97. The average molecular weight is 248 g/mol. The fourth-order valence-electron chi connectivity index (χ4n) is 1.65. The van der Waals surface area contributed by atoms with E-state index >= 15 is 0 Å². The Bertz CT molecular complexity index is 351. The summed E-state index contributed by atoms with van der Waals surface area (Å²) in [6.07, 6.45) is 0.513. The van der Waals surface area contributed by atoms with E-state index in [4.69, 9.17) is 5.73 Å². The molecule has 1 amide bonds. The maximum atomic E-state index is 11.9. The third kappa shape index (κ3) is 3.45. The minimum Gasteiger partial charge on any atom is -0.340 e. The van der Waals surface area contributed by atoms with Crippen LogP contribution in [0.2, 0.25) is 0 Å². The molecule has 16 heavy (non-hydrogen) atoms. The lowest BCUT2D eigenvalue weighted by atomic mass is 10.0. The van der Waals surface area contributed by atoms with Crippen molar-refractivity contribution in [3.05, 3.63) is 0 Å². The van der Waals surface area contributed by atoms with E-state index in [1.165, 1.54) is 0 Å². The van der Waals surface area contributed by atoms with Gasteiger partial charge in [0.25, 0.3) is 0 Å². The Labute approximate surface area is 96.9 Å². The van der Waals surface area contributed by atoms with Crippen LogP contribution in [0.15, 0.2) is 0 Å². The molecular weight excluding hydrogens is 228 g/mol. The Morgan fingerprint density at radius 1 is 1.25 bits per heavy atom. The monoisotopic (exact) mass is 248 g/mol. The van der Waals surface area contributed by atoms with E-state index < -0.39 is 15.9 Å². The first-order valence-corrected chi connectivity index (χ1v) is 7.40. The summed E-state index contributed by atoms with van der Waals surface area (Å²) in [6.45, 7) is 4.55. The fraction of sp³-hybridized carbons (Fsp3) is 0.900. The summed E-state index contributed by atoms with van der Waals surface area (Å²) in [5.41, 5.74) is 5.77. The Hall–Kier alpha value is -0.620. The van der Waals surface area contributed by atoms with Crippen molar-refractivity contribution in [2.24, 2.45) is 11.7 Å². The average Bonchev–Trinajstić information content (AvgIpc) is 2.37. The van der Waals surface area contributed by atoms with Gasteiger partial charge in [-0.15, -0.1) is 0 Å². The number of sulfone groups is 1. The third-order valence-electron chi connectivity index (χ3n) is 2.87. The highest BCUT2D eigenvalue weighted by atomic mass is 32.2. The van der Waals surface area contributed by atoms with Gasteiger partial charge in [0.15, 0.2) is 9.84 Å². The van der Waals surface area contributed by atoms with E-state index in [2.05, 4.69) is 0 Å². The number of amides is 1. The highest BCUT2D eigenvalue weighted by Gasteiger charge is 2.27. The van der Waals surface area contributed by atoms with Crippen LogP contribution in [0.5, 0.6) is 0 Å². The van der Waals surface area contributed by atoms with Gasteiger partial charge >= 0.3 is 0 Å². The van der Waals surface area contributed by atoms with Crippen LogP contribution in [0.25, 0.3) is 0 Å². The number of nitrogens with two attached hydrogens (primary N) is 1. The predicted molar refractivity (Wildman–Crippen MR) is 62.7 cm³/mol. The fourth-order valence-corrected chi connectivity index (χ4v) is 2.93. The van der Waals surface area contributed by atoms with Crippen molar-refractivity contribution in [2.45, 2.75) is 26.3 Å². The van der Waals surface area contributed by atoms with Gasteiger partial charge in [-0.1, -0.05) is 13.8 Å². The molecule has 2 N–H and O–H groups in total. The first-order valence-electron chi connectivity index (χ1n) is 5.58. The maximum Gasteiger partial charge on any atom is 0.239 e. The molecule has 1 fully saturated rings. The highest BCUT2D eigenvalue weighted by Crippen LogP contribution is 2.09. The van der Waals surface area contributed by atoms with E-state index in [9.17, 15) is 13.2 Å². The molecule has 1 heterocycles. The maximum absolute atomic E-state index is 11.9. The molecule has 0 radical (unpaired) electrons. The molecule has 5 nitrogen and oxygen atoms in total. The Balaban J connectivity index is 2.65. The van der Waals surface area contributed by atoms with Crippen LogP contribution < -0.4 is 5.73 Å². The molecule has 1 atom stereocenters. The third-order valence-corrected chi connectivity index (χ3v) is 4.59. The van der Waals surface area contributed by atoms with Crippen molar-refractivity contribution in [1.29, 1.82) is 0 Å². The molecule has 0 aromatic rings. The van der Waals surface area contributed by atoms with Crippen molar-refractivity contribution >= 4 is 15.7 Å². The van der Waals surface area contributed by atoms with Crippen molar-refractivity contribution in [2.75, 3.05) is 24.6 Å². The van der Waals surface area contributed by atoms with Crippen LogP contribution in [-0.4, -0.2) is 49.9 Å². The highest BCUT2D eigenvalue weighted by molar-refractivity contribution is 7.91. The van der Waals surface area contributed by atoms with Crippen molar-refractivity contribution in [1.82, 2.24) is 4.90 Å². The number of carbonyl (C=O) groups is 1. The molecule has 0 spiro atoms. The van der Waals surface area contributed by atoms with Gasteiger partial charge in [-0.05, 0) is 12.3 Å². The standard InChI is InChI=1S/C10H20N2O3S/c1-8(2)9(11)10(13)12-4-3-6-16(14,15)7-5-12/h8-9H,3-7,11H2,1-2H3/t9-/m0/s1. The van der Waals surface area contributed by atoms with E-state index in [0.717, 1.165) is 0 Å². The normalized spacial score (nSPS) is 22.9. The molecule has 1 rings (SSSR count). The molecule has 1 aliphatic heterocycles. The van der Waals surface area contributed by atoms with E-state index in [1.54, 1.807) is 4.90 Å². The van der Waals surface area contributed by atoms with Gasteiger partial charge in [-0.2, -0.15) is 0 Å². The van der Waals surface area contributed by atoms with E-state index in [-0.39, 0.29) is 29.9 Å². The predicted octanol–water partition coefficient (Wildman–Crippen LogP) is -0.383. The minimum absolute atomic E-state index is 0.0591. The lowest BCUT2D eigenvalue weighted by Crippen LogP contribution is -2.47. The second-order valence-electron chi connectivity index (χ2n) is 4.60. The molecule has 0 unspecified atom stereocenters. The van der Waals surface area contributed by atoms with E-state index in [1.807, 2.05) is 13.8 Å². The summed E-state index contributed by atoms with van der Waals surface area (Å²) in [7, 11) is -2.97. The van der Waals surface area contributed by atoms with Gasteiger partial charge in [0, 0.05) is 13.1 Å². The van der Waals surface area contributed by atoms with Gasteiger partial charge in [-0.25, -0.2) is 8.42 Å². The summed E-state index contributed by atoms with van der Waals surface area (Å²) in [4.78, 5) is 13.5. The van der Waals surface area contributed by atoms with Crippen LogP contribution in [0, 0.1) is 5.92 Å². The summed E-state index contributed by atoms with van der Waals surface area (Å²) < 4.78 is 22.7. The molecule has 6 heteroatoms. The van der Waals surface area contributed by atoms with Crippen molar-refractivity contribution < 1.29 is 13.2 Å². The van der Waals surface area contributed by atoms with Crippen molar-refractivity contribution in [3.8, 4) is 0 Å². The molecule has 0 bridgehead atoms. The largest absolute Gasteiger partial charge is 0.340 e. The molecule has 0 aromatic heterocycles. The first-order chi connectivity index (χ1) is 7.33. The smallest absolute Gasteiger partial charge is 0.239 e. The van der Waals surface area contributed by atoms with Gasteiger partial charge in [-0.3, -0.25) is 4.79 Å². The first kappa shape index (κ1) is 13.4. The quantitative estimate of drug-likeness (QED) is 0.722. The number of rotatable bonds is 2. The SMILES string of the molecule is CC(C)[C@H](N)C(=O)N1CCCS(=O)(=O)CC1. The summed E-state index contributed by atoms with van der Waals surface area (Å²) >= 11 is 0. The lowest BCUT2D eigenvalue weighted by molar-refractivity contribution is -0.133. The zero-order chi connectivity index (χ0) is 12.3. The molecule has 1 aliphatic rings. The Morgan fingerprint density at radius 3 is 2.44 bits per heavy atom. The summed E-state index contributed by atoms with van der Waals surface area (Å²) in [5.74, 6) is 0.177. The molecule has 0 aliphatic carbocycles. The number of hydrogen-bond donors (Lipinski definition) is 1. The summed E-state index contributed by atoms with van der Waals surface area (Å²) in [5, 5.41) is 0. The Kier molecular flexibility index (Phi) is 4.32. The molecular formula is C10H20N2O3S. The van der Waals surface area contributed by atoms with Crippen LogP contribution in [0.3, 0.4) is 0 Å². The van der Waals surface area contributed by atoms with Crippen LogP contribution in [0.4, 0.5) is 0 Å². The molecule has 0 aromatic carbocycles. The van der Waals surface area contributed by atoms with Crippen LogP contribution >= 0.6 is 0 Å². The van der Waals surface area contributed by atoms with Gasteiger partial charge in [0.05, 0.1) is 17.5 Å². The number of carbonyl (C=O) groups excluding carboxylic acids is 1. The zero-order valence-electron chi connectivity index (χ0n) is 9.85. The second-order valence-corrected chi connectivity index (χ2v) is 6.90. The Morgan fingerprint density at radius 2 is 1.88 bits per heavy atom.